The molecule has 84 valence electrons. The molecule has 0 atom stereocenters. The van der Waals surface area contributed by atoms with Gasteiger partial charge in [-0.3, -0.25) is 0 Å². The second-order valence-corrected chi connectivity index (χ2v) is 3.94. The van der Waals surface area contributed by atoms with Crippen LogP contribution in [-0.4, -0.2) is 25.0 Å². The minimum Gasteiger partial charge on any atom is -0.507 e. The smallest absolute Gasteiger partial charge is 0.181 e. The van der Waals surface area contributed by atoms with Gasteiger partial charge in [0.1, 0.15) is 23.4 Å². The molecule has 0 saturated heterocycles. The topological polar surface area (TPSA) is 74.7 Å². The van der Waals surface area contributed by atoms with E-state index in [2.05, 4.69) is 19.9 Å². The summed E-state index contributed by atoms with van der Waals surface area (Å²) in [6.45, 7) is 0. The van der Waals surface area contributed by atoms with E-state index in [9.17, 15) is 5.11 Å². The molecular weight excluding hydrogens is 240 g/mol. The van der Waals surface area contributed by atoms with Gasteiger partial charge in [0, 0.05) is 5.02 Å². The summed E-state index contributed by atoms with van der Waals surface area (Å²) in [6.07, 6.45) is 3.05. The molecule has 17 heavy (non-hydrogen) atoms. The Hall–Kier alpha value is -2.14. The number of hydrogen-bond acceptors (Lipinski definition) is 4. The zero-order valence-corrected chi connectivity index (χ0v) is 9.31. The fourth-order valence-electron chi connectivity index (χ4n) is 1.59. The fourth-order valence-corrected chi connectivity index (χ4v) is 1.76. The van der Waals surface area contributed by atoms with Crippen molar-refractivity contribution < 1.29 is 5.11 Å². The summed E-state index contributed by atoms with van der Waals surface area (Å²) in [7, 11) is 0. The molecule has 5 nitrogen and oxygen atoms in total. The predicted molar refractivity (Wildman–Crippen MR) is 63.8 cm³/mol. The van der Waals surface area contributed by atoms with Gasteiger partial charge in [-0.15, -0.1) is 0 Å². The van der Waals surface area contributed by atoms with Crippen LogP contribution in [0, 0.1) is 0 Å². The molecule has 0 fully saturated rings. The average molecular weight is 247 g/mol. The maximum Gasteiger partial charge on any atom is 0.181 e. The molecule has 0 spiro atoms. The number of nitrogens with zero attached hydrogens (tertiary/aromatic N) is 3. The van der Waals surface area contributed by atoms with Gasteiger partial charge in [-0.05, 0) is 18.2 Å². The third kappa shape index (κ3) is 1.70. The molecule has 0 saturated carbocycles. The average Bonchev–Trinajstić information content (AvgIpc) is 2.75. The lowest BCUT2D eigenvalue weighted by atomic mass is 10.2. The Morgan fingerprint density at radius 2 is 2.18 bits per heavy atom. The number of hydrogen-bond donors (Lipinski definition) is 2. The first-order chi connectivity index (χ1) is 8.24. The summed E-state index contributed by atoms with van der Waals surface area (Å²) in [6, 6.07) is 4.78. The minimum atomic E-state index is 0.112. The number of H-pyrrole nitrogens is 1. The normalized spacial score (nSPS) is 10.9. The first kappa shape index (κ1) is 10.0. The predicted octanol–water partition coefficient (Wildman–Crippen LogP) is 2.38. The Labute approximate surface area is 101 Å². The summed E-state index contributed by atoms with van der Waals surface area (Å²) in [5.41, 5.74) is 1.80. The van der Waals surface area contributed by atoms with E-state index in [1.807, 2.05) is 0 Å². The largest absolute Gasteiger partial charge is 0.507 e. The van der Waals surface area contributed by atoms with Crippen LogP contribution in [0.2, 0.25) is 5.02 Å². The Morgan fingerprint density at radius 3 is 3.00 bits per heavy atom. The molecule has 0 unspecified atom stereocenters. The highest BCUT2D eigenvalue weighted by Gasteiger charge is 2.10. The Bertz CT molecular complexity index is 662. The van der Waals surface area contributed by atoms with E-state index in [0.717, 1.165) is 0 Å². The first-order valence-corrected chi connectivity index (χ1v) is 5.26. The molecule has 3 aromatic rings. The van der Waals surface area contributed by atoms with Crippen molar-refractivity contribution in [3.63, 3.8) is 0 Å². The van der Waals surface area contributed by atoms with Crippen molar-refractivity contribution in [2.75, 3.05) is 0 Å². The maximum atomic E-state index is 9.76. The number of aromatic nitrogens is 4. The third-order valence-corrected chi connectivity index (χ3v) is 2.61. The molecule has 0 aliphatic heterocycles. The van der Waals surface area contributed by atoms with Gasteiger partial charge < -0.3 is 10.1 Å². The second kappa shape index (κ2) is 3.71. The summed E-state index contributed by atoms with van der Waals surface area (Å²) < 4.78 is 0. The maximum absolute atomic E-state index is 9.76. The van der Waals surface area contributed by atoms with Crippen molar-refractivity contribution in [2.24, 2.45) is 0 Å². The monoisotopic (exact) mass is 246 g/mol. The number of phenols is 1. The number of rotatable bonds is 1. The molecular formula is C11H7ClN4O. The zero-order valence-electron chi connectivity index (χ0n) is 8.55. The third-order valence-electron chi connectivity index (χ3n) is 2.38. The van der Waals surface area contributed by atoms with E-state index in [1.54, 1.807) is 18.3 Å². The number of benzene rings is 1. The lowest BCUT2D eigenvalue weighted by Crippen LogP contribution is -1.81. The van der Waals surface area contributed by atoms with Gasteiger partial charge in [0.05, 0.1) is 11.8 Å². The number of phenolic OH excluding ortho intramolecular Hbond substituents is 1. The number of fused-ring (bicyclic) bond motifs is 1. The molecule has 2 heterocycles. The second-order valence-electron chi connectivity index (χ2n) is 3.51. The van der Waals surface area contributed by atoms with Gasteiger partial charge in [-0.2, -0.15) is 0 Å². The van der Waals surface area contributed by atoms with Gasteiger partial charge >= 0.3 is 0 Å². The van der Waals surface area contributed by atoms with E-state index in [-0.39, 0.29) is 5.75 Å². The summed E-state index contributed by atoms with van der Waals surface area (Å²) in [5.74, 6) is 0.627. The highest BCUT2D eigenvalue weighted by Crippen LogP contribution is 2.30. The molecule has 0 aliphatic carbocycles. The molecule has 0 bridgehead atoms. The quantitative estimate of drug-likeness (QED) is 0.691. The number of aromatic amines is 1. The number of nitrogens with one attached hydrogen (secondary N) is 1. The molecule has 3 rings (SSSR count). The van der Waals surface area contributed by atoms with Crippen molar-refractivity contribution in [3.8, 4) is 17.1 Å². The Balaban J connectivity index is 2.23. The van der Waals surface area contributed by atoms with E-state index in [0.29, 0.717) is 27.6 Å². The molecule has 0 aliphatic rings. The van der Waals surface area contributed by atoms with Gasteiger partial charge in [-0.1, -0.05) is 11.6 Å². The number of halogens is 1. The van der Waals surface area contributed by atoms with Crippen LogP contribution >= 0.6 is 11.6 Å². The Morgan fingerprint density at radius 1 is 1.29 bits per heavy atom. The van der Waals surface area contributed by atoms with Crippen molar-refractivity contribution >= 4 is 22.8 Å². The minimum absolute atomic E-state index is 0.112. The van der Waals surface area contributed by atoms with Crippen molar-refractivity contribution in [1.82, 2.24) is 19.9 Å². The van der Waals surface area contributed by atoms with Crippen LogP contribution < -0.4 is 0 Å². The van der Waals surface area contributed by atoms with E-state index in [1.165, 1.54) is 12.4 Å². The van der Waals surface area contributed by atoms with Gasteiger partial charge in [0.15, 0.2) is 5.65 Å². The lowest BCUT2D eigenvalue weighted by Gasteiger charge is -2.00. The molecule has 2 aromatic heterocycles. The number of aromatic hydroxyl groups is 1. The standard InChI is InChI=1S/C11H7ClN4O/c12-6-1-2-9(17)7(3-6)10-15-8-4-13-5-14-11(8)16-10/h1-5,17H,(H,13,14,15,16). The highest BCUT2D eigenvalue weighted by molar-refractivity contribution is 6.30. The van der Waals surface area contributed by atoms with E-state index < -0.39 is 0 Å². The Kier molecular flexibility index (Phi) is 2.19. The van der Waals surface area contributed by atoms with Crippen LogP contribution in [0.4, 0.5) is 0 Å². The SMILES string of the molecule is Oc1ccc(Cl)cc1-c1nc2ncncc2[nH]1. The molecule has 1 aromatic carbocycles. The first-order valence-electron chi connectivity index (χ1n) is 4.88. The zero-order chi connectivity index (χ0) is 11.8. The van der Waals surface area contributed by atoms with Crippen molar-refractivity contribution in [3.05, 3.63) is 35.7 Å². The van der Waals surface area contributed by atoms with Crippen molar-refractivity contribution in [2.45, 2.75) is 0 Å². The van der Waals surface area contributed by atoms with Crippen LogP contribution in [0.1, 0.15) is 0 Å². The summed E-state index contributed by atoms with van der Waals surface area (Å²) in [4.78, 5) is 15.2. The van der Waals surface area contributed by atoms with Crippen molar-refractivity contribution in [1.29, 1.82) is 0 Å². The summed E-state index contributed by atoms with van der Waals surface area (Å²) >= 11 is 5.88. The van der Waals surface area contributed by atoms with Crippen LogP contribution in [0.15, 0.2) is 30.7 Å². The van der Waals surface area contributed by atoms with Gasteiger partial charge in [0.2, 0.25) is 0 Å². The molecule has 2 N–H and O–H groups in total. The molecule has 6 heteroatoms. The van der Waals surface area contributed by atoms with Gasteiger partial charge in [-0.25, -0.2) is 15.0 Å². The highest BCUT2D eigenvalue weighted by atomic mass is 35.5. The summed E-state index contributed by atoms with van der Waals surface area (Å²) in [5, 5.41) is 10.3. The fraction of sp³-hybridized carbons (Fsp3) is 0. The van der Waals surface area contributed by atoms with E-state index in [4.69, 9.17) is 11.6 Å². The van der Waals surface area contributed by atoms with E-state index >= 15 is 0 Å². The lowest BCUT2D eigenvalue weighted by molar-refractivity contribution is 0.477. The van der Waals surface area contributed by atoms with Gasteiger partial charge in [0.25, 0.3) is 0 Å². The number of imidazole rings is 1. The van der Waals surface area contributed by atoms with Crippen LogP contribution in [0.5, 0.6) is 5.75 Å². The van der Waals surface area contributed by atoms with Crippen LogP contribution in [0.3, 0.4) is 0 Å². The van der Waals surface area contributed by atoms with Crippen LogP contribution in [-0.2, 0) is 0 Å². The van der Waals surface area contributed by atoms with Crippen LogP contribution in [0.25, 0.3) is 22.6 Å². The molecule has 0 radical (unpaired) electrons. The molecule has 0 amide bonds.